The fourth-order valence-electron chi connectivity index (χ4n) is 4.87. The summed E-state index contributed by atoms with van der Waals surface area (Å²) in [6, 6.07) is 11.0. The van der Waals surface area contributed by atoms with Gasteiger partial charge < -0.3 is 20.1 Å². The molecule has 3 fully saturated rings. The van der Waals surface area contributed by atoms with Crippen LogP contribution in [0.4, 0.5) is 4.79 Å². The Kier molecular flexibility index (Phi) is 5.46. The van der Waals surface area contributed by atoms with Gasteiger partial charge in [-0.1, -0.05) is 30.3 Å². The van der Waals surface area contributed by atoms with Crippen LogP contribution in [-0.4, -0.2) is 43.5 Å². The summed E-state index contributed by atoms with van der Waals surface area (Å²) in [6.45, 7) is 2.17. The highest BCUT2D eigenvalue weighted by atomic mass is 16.6. The van der Waals surface area contributed by atoms with Crippen LogP contribution in [-0.2, 0) is 9.47 Å². The molecule has 5 heteroatoms. The highest BCUT2D eigenvalue weighted by molar-refractivity contribution is 5.69. The van der Waals surface area contributed by atoms with Crippen molar-refractivity contribution in [2.75, 3.05) is 19.8 Å². The molecule has 0 radical (unpaired) electrons. The first-order chi connectivity index (χ1) is 12.8. The van der Waals surface area contributed by atoms with Gasteiger partial charge in [0, 0.05) is 6.42 Å². The number of alkyl carbamates (subject to hydrolysis) is 1. The Bertz CT molecular complexity index is 597. The maximum absolute atomic E-state index is 11.8. The molecule has 26 heavy (non-hydrogen) atoms. The van der Waals surface area contributed by atoms with Crippen molar-refractivity contribution in [2.24, 2.45) is 0 Å². The zero-order valence-electron chi connectivity index (χ0n) is 15.4. The van der Waals surface area contributed by atoms with Crippen LogP contribution in [0, 0.1) is 0 Å². The standard InChI is InChI=1S/C21H30N2O3/c24-20-23-21(12-14-25-20)11-4-13-22-19(21)15-26-18-9-7-17(8-10-18)16-5-2-1-3-6-16/h1-3,5-6,17-19,22H,4,7-15H2,(H,23,24)/t17?,18?,19-,21+/m0/s1. The molecule has 1 aliphatic carbocycles. The molecule has 3 aliphatic rings. The van der Waals surface area contributed by atoms with Crippen molar-refractivity contribution in [3.05, 3.63) is 35.9 Å². The lowest BCUT2D eigenvalue weighted by molar-refractivity contribution is -0.0219. The average Bonchev–Trinajstić information content (AvgIpc) is 2.68. The van der Waals surface area contributed by atoms with E-state index in [1.165, 1.54) is 18.4 Å². The normalized spacial score (nSPS) is 34.9. The number of carbonyl (C=O) groups excluding carboxylic acids is 1. The minimum absolute atomic E-state index is 0.177. The van der Waals surface area contributed by atoms with Crippen molar-refractivity contribution in [3.63, 3.8) is 0 Å². The predicted octanol–water partition coefficient (Wildman–Crippen LogP) is 3.35. The SMILES string of the molecule is O=C1N[C@]2(CCCN[C@H]2COC2CCC(c3ccccc3)CC2)CCO1. The monoisotopic (exact) mass is 358 g/mol. The van der Waals surface area contributed by atoms with Crippen molar-refractivity contribution in [1.82, 2.24) is 10.6 Å². The molecule has 4 rings (SSSR count). The van der Waals surface area contributed by atoms with Gasteiger partial charge in [-0.2, -0.15) is 0 Å². The van der Waals surface area contributed by atoms with Crippen LogP contribution in [0.2, 0.25) is 0 Å². The van der Waals surface area contributed by atoms with Crippen molar-refractivity contribution < 1.29 is 14.3 Å². The number of ether oxygens (including phenoxy) is 2. The van der Waals surface area contributed by atoms with Gasteiger partial charge in [0.2, 0.25) is 0 Å². The summed E-state index contributed by atoms with van der Waals surface area (Å²) in [6.07, 6.45) is 7.64. The number of carbonyl (C=O) groups is 1. The minimum Gasteiger partial charge on any atom is -0.449 e. The molecule has 2 atom stereocenters. The Balaban J connectivity index is 1.29. The summed E-state index contributed by atoms with van der Waals surface area (Å²) in [5.74, 6) is 0.671. The van der Waals surface area contributed by atoms with Crippen LogP contribution in [0.5, 0.6) is 0 Å². The molecule has 1 aromatic carbocycles. The van der Waals surface area contributed by atoms with E-state index in [0.29, 0.717) is 25.2 Å². The van der Waals surface area contributed by atoms with E-state index in [9.17, 15) is 4.79 Å². The Morgan fingerprint density at radius 3 is 2.69 bits per heavy atom. The third kappa shape index (κ3) is 3.89. The molecule has 142 valence electrons. The highest BCUT2D eigenvalue weighted by Crippen LogP contribution is 2.35. The molecule has 2 aliphatic heterocycles. The Morgan fingerprint density at radius 1 is 1.12 bits per heavy atom. The zero-order chi connectivity index (χ0) is 17.8. The fourth-order valence-corrected chi connectivity index (χ4v) is 4.87. The van der Waals surface area contributed by atoms with Crippen LogP contribution in [0.15, 0.2) is 30.3 Å². The van der Waals surface area contributed by atoms with E-state index in [-0.39, 0.29) is 17.7 Å². The Morgan fingerprint density at radius 2 is 1.92 bits per heavy atom. The molecule has 0 aromatic heterocycles. The van der Waals surface area contributed by atoms with Crippen LogP contribution in [0.1, 0.15) is 56.4 Å². The maximum atomic E-state index is 11.8. The average molecular weight is 358 g/mol. The molecule has 2 heterocycles. The lowest BCUT2D eigenvalue weighted by atomic mass is 9.79. The highest BCUT2D eigenvalue weighted by Gasteiger charge is 2.44. The quantitative estimate of drug-likeness (QED) is 0.867. The second kappa shape index (κ2) is 7.97. The molecule has 5 nitrogen and oxygen atoms in total. The van der Waals surface area contributed by atoms with E-state index in [4.69, 9.17) is 9.47 Å². The molecule has 2 saturated heterocycles. The second-order valence-electron chi connectivity index (χ2n) is 7.99. The number of amides is 1. The van der Waals surface area contributed by atoms with E-state index >= 15 is 0 Å². The van der Waals surface area contributed by atoms with Crippen LogP contribution in [0.3, 0.4) is 0 Å². The van der Waals surface area contributed by atoms with Crippen molar-refractivity contribution in [3.8, 4) is 0 Å². The van der Waals surface area contributed by atoms with Gasteiger partial charge >= 0.3 is 6.09 Å². The minimum atomic E-state index is -0.284. The number of rotatable bonds is 4. The maximum Gasteiger partial charge on any atom is 0.407 e. The number of hydrogen-bond donors (Lipinski definition) is 2. The van der Waals surface area contributed by atoms with Gasteiger partial charge in [-0.3, -0.25) is 0 Å². The van der Waals surface area contributed by atoms with Gasteiger partial charge in [-0.05, 0) is 56.6 Å². The Hall–Kier alpha value is -1.59. The number of cyclic esters (lactones) is 1. The first-order valence-corrected chi connectivity index (χ1v) is 10.1. The van der Waals surface area contributed by atoms with Crippen molar-refractivity contribution >= 4 is 6.09 Å². The second-order valence-corrected chi connectivity index (χ2v) is 7.99. The van der Waals surface area contributed by atoms with E-state index in [0.717, 1.165) is 38.6 Å². The summed E-state index contributed by atoms with van der Waals surface area (Å²) in [4.78, 5) is 11.8. The largest absolute Gasteiger partial charge is 0.449 e. The Labute approximate surface area is 155 Å². The van der Waals surface area contributed by atoms with Crippen molar-refractivity contribution in [2.45, 2.75) is 68.5 Å². The number of hydrogen-bond acceptors (Lipinski definition) is 4. The molecule has 1 saturated carbocycles. The summed E-state index contributed by atoms with van der Waals surface area (Å²) in [7, 11) is 0. The van der Waals surface area contributed by atoms with Gasteiger partial charge in [0.1, 0.15) is 0 Å². The smallest absolute Gasteiger partial charge is 0.407 e. The molecule has 0 bridgehead atoms. The zero-order valence-corrected chi connectivity index (χ0v) is 15.4. The molecule has 1 spiro atoms. The lowest BCUT2D eigenvalue weighted by Gasteiger charge is -2.47. The molecular formula is C21H30N2O3. The fraction of sp³-hybridized carbons (Fsp3) is 0.667. The van der Waals surface area contributed by atoms with Gasteiger partial charge in [0.15, 0.2) is 0 Å². The molecule has 1 amide bonds. The van der Waals surface area contributed by atoms with E-state index in [1.807, 2.05) is 0 Å². The van der Waals surface area contributed by atoms with E-state index < -0.39 is 0 Å². The third-order valence-corrected chi connectivity index (χ3v) is 6.43. The van der Waals surface area contributed by atoms with Crippen LogP contribution in [0.25, 0.3) is 0 Å². The molecule has 0 unspecified atom stereocenters. The van der Waals surface area contributed by atoms with Gasteiger partial charge in [0.25, 0.3) is 0 Å². The van der Waals surface area contributed by atoms with Gasteiger partial charge in [-0.15, -0.1) is 0 Å². The summed E-state index contributed by atoms with van der Waals surface area (Å²) >= 11 is 0. The van der Waals surface area contributed by atoms with E-state index in [2.05, 4.69) is 41.0 Å². The first kappa shape index (κ1) is 17.8. The third-order valence-electron chi connectivity index (χ3n) is 6.43. The molecular weight excluding hydrogens is 328 g/mol. The van der Waals surface area contributed by atoms with Gasteiger partial charge in [0.05, 0.1) is 30.9 Å². The summed E-state index contributed by atoms with van der Waals surface area (Å²) in [5, 5.41) is 6.67. The van der Waals surface area contributed by atoms with E-state index in [1.54, 1.807) is 0 Å². The van der Waals surface area contributed by atoms with Gasteiger partial charge in [-0.25, -0.2) is 4.79 Å². The number of benzene rings is 1. The molecule has 2 N–H and O–H groups in total. The lowest BCUT2D eigenvalue weighted by Crippen LogP contribution is -2.68. The summed E-state index contributed by atoms with van der Waals surface area (Å²) < 4.78 is 11.4. The molecule has 1 aromatic rings. The predicted molar refractivity (Wildman–Crippen MR) is 100 cm³/mol. The number of nitrogens with one attached hydrogen (secondary N) is 2. The van der Waals surface area contributed by atoms with Crippen LogP contribution < -0.4 is 10.6 Å². The summed E-state index contributed by atoms with van der Waals surface area (Å²) in [5.41, 5.74) is 1.26. The first-order valence-electron chi connectivity index (χ1n) is 10.1. The van der Waals surface area contributed by atoms with Crippen LogP contribution >= 0.6 is 0 Å². The number of piperidine rings is 1. The van der Waals surface area contributed by atoms with Crippen molar-refractivity contribution in [1.29, 1.82) is 0 Å². The topological polar surface area (TPSA) is 59.6 Å².